The van der Waals surface area contributed by atoms with Gasteiger partial charge in [0.25, 0.3) is 0 Å². The summed E-state index contributed by atoms with van der Waals surface area (Å²) in [5, 5.41) is 15.2. The largest absolute Gasteiger partial charge is 0.410 e. The zero-order chi connectivity index (χ0) is 12.1. The topological polar surface area (TPSA) is 61.7 Å². The average Bonchev–Trinajstić information content (AvgIpc) is 2.15. The highest BCUT2D eigenvalue weighted by Crippen LogP contribution is 2.29. The van der Waals surface area contributed by atoms with E-state index in [2.05, 4.69) is 10.5 Å². The van der Waals surface area contributed by atoms with Crippen LogP contribution in [-0.2, 0) is 4.79 Å². The highest BCUT2D eigenvalue weighted by Gasteiger charge is 2.27. The summed E-state index contributed by atoms with van der Waals surface area (Å²) in [5.41, 5.74) is 0. The van der Waals surface area contributed by atoms with Gasteiger partial charge in [-0.25, -0.2) is 0 Å². The zero-order valence-electron chi connectivity index (χ0n) is 10.00. The van der Waals surface area contributed by atoms with Gasteiger partial charge < -0.3 is 10.5 Å². The van der Waals surface area contributed by atoms with Crippen molar-refractivity contribution in [3.05, 3.63) is 0 Å². The SMILES string of the molecule is CCC(C(=O)NC)/C(=N/O)SC(C)(C)C. The Morgan fingerprint density at radius 2 is 2.07 bits per heavy atom. The van der Waals surface area contributed by atoms with Crippen LogP contribution < -0.4 is 5.32 Å². The molecule has 0 saturated carbocycles. The highest BCUT2D eigenvalue weighted by atomic mass is 32.2. The van der Waals surface area contributed by atoms with Crippen LogP contribution in [0.1, 0.15) is 34.1 Å². The quantitative estimate of drug-likeness (QED) is 0.339. The fourth-order valence-corrected chi connectivity index (χ4v) is 2.21. The lowest BCUT2D eigenvalue weighted by atomic mass is 10.1. The number of hydrogen-bond acceptors (Lipinski definition) is 4. The molecule has 2 N–H and O–H groups in total. The molecule has 1 amide bonds. The van der Waals surface area contributed by atoms with Gasteiger partial charge in [0.15, 0.2) is 0 Å². The van der Waals surface area contributed by atoms with Gasteiger partial charge >= 0.3 is 0 Å². The minimum Gasteiger partial charge on any atom is -0.410 e. The van der Waals surface area contributed by atoms with Crippen LogP contribution in [0.4, 0.5) is 0 Å². The Morgan fingerprint density at radius 1 is 1.53 bits per heavy atom. The third kappa shape index (κ3) is 5.06. The molecule has 5 heteroatoms. The number of amides is 1. The van der Waals surface area contributed by atoms with E-state index in [1.807, 2.05) is 27.7 Å². The molecule has 1 atom stereocenters. The first kappa shape index (κ1) is 14.3. The van der Waals surface area contributed by atoms with E-state index in [-0.39, 0.29) is 16.6 Å². The van der Waals surface area contributed by atoms with Crippen molar-refractivity contribution in [2.45, 2.75) is 38.9 Å². The zero-order valence-corrected chi connectivity index (χ0v) is 10.8. The second-order valence-corrected chi connectivity index (χ2v) is 6.07. The summed E-state index contributed by atoms with van der Waals surface area (Å²) in [6, 6.07) is 0. The van der Waals surface area contributed by atoms with Gasteiger partial charge in [-0.05, 0) is 6.42 Å². The third-order valence-corrected chi connectivity index (χ3v) is 2.97. The normalized spacial score (nSPS) is 14.9. The molecule has 88 valence electrons. The van der Waals surface area contributed by atoms with Gasteiger partial charge in [0, 0.05) is 11.8 Å². The fraction of sp³-hybridized carbons (Fsp3) is 0.800. The highest BCUT2D eigenvalue weighted by molar-refractivity contribution is 8.15. The van der Waals surface area contributed by atoms with Gasteiger partial charge in [-0.3, -0.25) is 4.79 Å². The van der Waals surface area contributed by atoms with Crippen molar-refractivity contribution in [2.75, 3.05) is 7.05 Å². The molecule has 1 unspecified atom stereocenters. The fourth-order valence-electron chi connectivity index (χ4n) is 1.12. The Bertz CT molecular complexity index is 246. The van der Waals surface area contributed by atoms with Crippen molar-refractivity contribution in [2.24, 2.45) is 11.1 Å². The third-order valence-electron chi connectivity index (χ3n) is 1.78. The van der Waals surface area contributed by atoms with Gasteiger partial charge in [-0.15, -0.1) is 11.8 Å². The lowest BCUT2D eigenvalue weighted by molar-refractivity contribution is -0.122. The molecular weight excluding hydrogens is 212 g/mol. The standard InChI is InChI=1S/C10H20N2O2S/c1-6-7(8(13)11-5)9(12-14)15-10(2,3)4/h7,14H,6H2,1-5H3,(H,11,13)/b12-9-. The molecule has 0 bridgehead atoms. The predicted octanol–water partition coefficient (Wildman–Crippen LogP) is 2.08. The summed E-state index contributed by atoms with van der Waals surface area (Å²) in [6.07, 6.45) is 0.627. The molecule has 0 aromatic rings. The Hall–Kier alpha value is -0.710. The lowest BCUT2D eigenvalue weighted by Gasteiger charge is -2.22. The summed E-state index contributed by atoms with van der Waals surface area (Å²) in [4.78, 5) is 11.5. The number of carbonyl (C=O) groups is 1. The number of hydrogen-bond donors (Lipinski definition) is 2. The molecule has 0 heterocycles. The minimum atomic E-state index is -0.357. The monoisotopic (exact) mass is 232 g/mol. The van der Waals surface area contributed by atoms with Gasteiger partial charge in [0.2, 0.25) is 5.91 Å². The lowest BCUT2D eigenvalue weighted by Crippen LogP contribution is -2.33. The number of oxime groups is 1. The van der Waals surface area contributed by atoms with Crippen LogP contribution in [0.25, 0.3) is 0 Å². The molecule has 0 spiro atoms. The van der Waals surface area contributed by atoms with E-state index in [4.69, 9.17) is 5.21 Å². The smallest absolute Gasteiger partial charge is 0.229 e. The van der Waals surface area contributed by atoms with E-state index in [9.17, 15) is 4.79 Å². The maximum absolute atomic E-state index is 11.5. The van der Waals surface area contributed by atoms with Crippen LogP contribution in [0, 0.1) is 5.92 Å². The summed E-state index contributed by atoms with van der Waals surface area (Å²) < 4.78 is -0.0665. The molecule has 0 aromatic heterocycles. The van der Waals surface area contributed by atoms with E-state index in [1.165, 1.54) is 11.8 Å². The van der Waals surface area contributed by atoms with Gasteiger partial charge in [-0.2, -0.15) is 0 Å². The van der Waals surface area contributed by atoms with Gasteiger partial charge in [0.1, 0.15) is 5.04 Å². The predicted molar refractivity (Wildman–Crippen MR) is 64.4 cm³/mol. The first-order valence-corrected chi connectivity index (χ1v) is 5.80. The Morgan fingerprint density at radius 3 is 2.33 bits per heavy atom. The van der Waals surface area contributed by atoms with Gasteiger partial charge in [-0.1, -0.05) is 32.9 Å². The molecule has 0 aromatic carbocycles. The van der Waals surface area contributed by atoms with Crippen molar-refractivity contribution in [1.82, 2.24) is 5.32 Å². The number of carbonyl (C=O) groups excluding carboxylic acids is 1. The first-order valence-electron chi connectivity index (χ1n) is 4.98. The second-order valence-electron chi connectivity index (χ2n) is 4.23. The van der Waals surface area contributed by atoms with E-state index in [1.54, 1.807) is 7.05 Å². The minimum absolute atomic E-state index is 0.0665. The second kappa shape index (κ2) is 6.00. The maximum Gasteiger partial charge on any atom is 0.229 e. The summed E-state index contributed by atoms with van der Waals surface area (Å²) in [7, 11) is 1.59. The molecule has 0 aliphatic heterocycles. The molecule has 0 saturated heterocycles. The summed E-state index contributed by atoms with van der Waals surface area (Å²) in [5.74, 6) is -0.466. The maximum atomic E-state index is 11.5. The van der Waals surface area contributed by atoms with Crippen molar-refractivity contribution in [3.63, 3.8) is 0 Å². The van der Waals surface area contributed by atoms with Crippen molar-refractivity contribution >= 4 is 22.7 Å². The van der Waals surface area contributed by atoms with Crippen molar-refractivity contribution < 1.29 is 10.0 Å². The molecule has 0 fully saturated rings. The molecule has 0 aliphatic carbocycles. The first-order chi connectivity index (χ1) is 6.85. The van der Waals surface area contributed by atoms with Crippen LogP contribution >= 0.6 is 11.8 Å². The molecular formula is C10H20N2O2S. The van der Waals surface area contributed by atoms with Crippen LogP contribution in [0.2, 0.25) is 0 Å². The molecule has 0 rings (SSSR count). The molecule has 15 heavy (non-hydrogen) atoms. The summed E-state index contributed by atoms with van der Waals surface area (Å²) in [6.45, 7) is 7.94. The molecule has 4 nitrogen and oxygen atoms in total. The van der Waals surface area contributed by atoms with E-state index < -0.39 is 0 Å². The molecule has 0 radical (unpaired) electrons. The summed E-state index contributed by atoms with van der Waals surface area (Å²) >= 11 is 1.42. The van der Waals surface area contributed by atoms with Crippen molar-refractivity contribution in [3.8, 4) is 0 Å². The van der Waals surface area contributed by atoms with Crippen LogP contribution in [0.15, 0.2) is 5.16 Å². The Labute approximate surface area is 95.5 Å². The van der Waals surface area contributed by atoms with Crippen LogP contribution in [0.3, 0.4) is 0 Å². The average molecular weight is 232 g/mol. The van der Waals surface area contributed by atoms with E-state index >= 15 is 0 Å². The van der Waals surface area contributed by atoms with Crippen molar-refractivity contribution in [1.29, 1.82) is 0 Å². The number of thioether (sulfide) groups is 1. The van der Waals surface area contributed by atoms with Crippen LogP contribution in [-0.4, -0.2) is 28.0 Å². The number of nitrogens with one attached hydrogen (secondary N) is 1. The Balaban J connectivity index is 4.72. The number of rotatable bonds is 3. The van der Waals surface area contributed by atoms with E-state index in [0.29, 0.717) is 11.5 Å². The van der Waals surface area contributed by atoms with Crippen LogP contribution in [0.5, 0.6) is 0 Å². The van der Waals surface area contributed by atoms with Gasteiger partial charge in [0.05, 0.1) is 5.92 Å². The Kier molecular flexibility index (Phi) is 5.72. The molecule has 0 aliphatic rings. The number of nitrogens with zero attached hydrogens (tertiary/aromatic N) is 1. The van der Waals surface area contributed by atoms with E-state index in [0.717, 1.165) is 0 Å².